The number of nitrogens with one attached hydrogen (secondary N) is 2. The number of nitrogens with zero attached hydrogens (tertiary/aromatic N) is 2. The van der Waals surface area contributed by atoms with Crippen molar-refractivity contribution in [1.82, 2.24) is 9.97 Å². The molecule has 0 unspecified atom stereocenters. The Kier molecular flexibility index (Phi) is 6.23. The van der Waals surface area contributed by atoms with Crippen molar-refractivity contribution in [2.24, 2.45) is 0 Å². The maximum atomic E-state index is 12.4. The second kappa shape index (κ2) is 8.66. The minimum atomic E-state index is -1.19. The number of benzene rings is 1. The zero-order chi connectivity index (χ0) is 21.0. The first kappa shape index (κ1) is 20.9. The van der Waals surface area contributed by atoms with Crippen LogP contribution in [-0.4, -0.2) is 27.1 Å². The van der Waals surface area contributed by atoms with E-state index in [9.17, 15) is 9.59 Å². The van der Waals surface area contributed by atoms with Crippen molar-refractivity contribution in [2.75, 3.05) is 10.6 Å². The molecule has 3 N–H and O–H groups in total. The number of oxazole rings is 1. The van der Waals surface area contributed by atoms with Crippen LogP contribution in [0.1, 0.15) is 42.8 Å². The summed E-state index contributed by atoms with van der Waals surface area (Å²) in [5.74, 6) is 1.67. The standard InChI is InChI=1S/C19H20N4O4S2/c1-19(2,3)13-8-20-14(27-13)10-28-15-9-21-17(29-15)23-16(24)11-5-4-6-12(7-11)22-18(25)26/h4-9,22H,10H2,1-3H3,(H,25,26)(H,21,23,24). The molecule has 2 heterocycles. The van der Waals surface area contributed by atoms with Crippen molar-refractivity contribution < 1.29 is 19.1 Å². The van der Waals surface area contributed by atoms with Crippen molar-refractivity contribution in [3.8, 4) is 0 Å². The van der Waals surface area contributed by atoms with Crippen LogP contribution in [0.5, 0.6) is 0 Å². The fourth-order valence-electron chi connectivity index (χ4n) is 2.27. The lowest BCUT2D eigenvalue weighted by atomic mass is 9.94. The maximum Gasteiger partial charge on any atom is 0.409 e. The van der Waals surface area contributed by atoms with E-state index < -0.39 is 6.09 Å². The van der Waals surface area contributed by atoms with Crippen molar-refractivity contribution in [3.63, 3.8) is 0 Å². The van der Waals surface area contributed by atoms with Crippen LogP contribution in [0, 0.1) is 0 Å². The van der Waals surface area contributed by atoms with Crippen LogP contribution >= 0.6 is 23.1 Å². The van der Waals surface area contributed by atoms with Gasteiger partial charge in [-0.15, -0.1) is 11.8 Å². The van der Waals surface area contributed by atoms with Crippen LogP contribution < -0.4 is 10.6 Å². The van der Waals surface area contributed by atoms with Gasteiger partial charge in [-0.05, 0) is 18.2 Å². The van der Waals surface area contributed by atoms with Crippen LogP contribution in [0.4, 0.5) is 15.6 Å². The van der Waals surface area contributed by atoms with Gasteiger partial charge in [0.2, 0.25) is 5.89 Å². The van der Waals surface area contributed by atoms with Crippen LogP contribution in [0.2, 0.25) is 0 Å². The minimum Gasteiger partial charge on any atom is -0.465 e. The highest BCUT2D eigenvalue weighted by atomic mass is 32.2. The van der Waals surface area contributed by atoms with Gasteiger partial charge in [0.25, 0.3) is 5.91 Å². The molecule has 0 radical (unpaired) electrons. The molecule has 0 aliphatic carbocycles. The topological polar surface area (TPSA) is 117 Å². The van der Waals surface area contributed by atoms with Crippen LogP contribution in [0.15, 0.2) is 45.3 Å². The van der Waals surface area contributed by atoms with Gasteiger partial charge in [-0.25, -0.2) is 14.8 Å². The van der Waals surface area contributed by atoms with Gasteiger partial charge in [0, 0.05) is 16.7 Å². The van der Waals surface area contributed by atoms with Gasteiger partial charge in [-0.1, -0.05) is 38.2 Å². The van der Waals surface area contributed by atoms with Crippen LogP contribution in [-0.2, 0) is 11.2 Å². The Balaban J connectivity index is 1.58. The van der Waals surface area contributed by atoms with E-state index in [4.69, 9.17) is 9.52 Å². The molecule has 10 heteroatoms. The second-order valence-electron chi connectivity index (χ2n) is 7.11. The molecule has 0 bridgehead atoms. The number of hydrogen-bond donors (Lipinski definition) is 3. The molecule has 0 saturated carbocycles. The first-order valence-electron chi connectivity index (χ1n) is 8.66. The molecule has 152 valence electrons. The van der Waals surface area contributed by atoms with Gasteiger partial charge in [0.15, 0.2) is 5.13 Å². The maximum absolute atomic E-state index is 12.4. The fourth-order valence-corrected chi connectivity index (χ4v) is 3.99. The van der Waals surface area contributed by atoms with E-state index in [1.54, 1.807) is 30.6 Å². The van der Waals surface area contributed by atoms with E-state index in [-0.39, 0.29) is 11.3 Å². The number of thioether (sulfide) groups is 1. The number of carbonyl (C=O) groups excluding carboxylic acids is 1. The third-order valence-electron chi connectivity index (χ3n) is 3.71. The number of anilines is 2. The van der Waals surface area contributed by atoms with Crippen LogP contribution in [0.25, 0.3) is 0 Å². The quantitative estimate of drug-likeness (QED) is 0.466. The molecular weight excluding hydrogens is 412 g/mol. The molecule has 0 aliphatic heterocycles. The predicted octanol–water partition coefficient (Wildman–Crippen LogP) is 5.06. The Bertz CT molecular complexity index is 1020. The third-order valence-corrected chi connectivity index (χ3v) is 5.80. The summed E-state index contributed by atoms with van der Waals surface area (Å²) >= 11 is 2.87. The van der Waals surface area contributed by atoms with Gasteiger partial charge in [0.05, 0.1) is 22.4 Å². The SMILES string of the molecule is CC(C)(C)c1cnc(CSc2cnc(NC(=O)c3cccc(NC(=O)O)c3)s2)o1. The normalized spacial score (nSPS) is 11.3. The average Bonchev–Trinajstić information content (AvgIpc) is 3.28. The molecule has 29 heavy (non-hydrogen) atoms. The van der Waals surface area contributed by atoms with E-state index >= 15 is 0 Å². The highest BCUT2D eigenvalue weighted by Crippen LogP contribution is 2.32. The number of amides is 2. The summed E-state index contributed by atoms with van der Waals surface area (Å²) in [6.45, 7) is 6.20. The predicted molar refractivity (Wildman–Crippen MR) is 113 cm³/mol. The summed E-state index contributed by atoms with van der Waals surface area (Å²) in [6.07, 6.45) is 2.24. The summed E-state index contributed by atoms with van der Waals surface area (Å²) in [5.41, 5.74) is 0.561. The molecule has 0 saturated heterocycles. The van der Waals surface area contributed by atoms with E-state index in [0.29, 0.717) is 28.0 Å². The first-order chi connectivity index (χ1) is 13.7. The highest BCUT2D eigenvalue weighted by Gasteiger charge is 2.19. The number of rotatable bonds is 6. The Morgan fingerprint density at radius 3 is 2.69 bits per heavy atom. The smallest absolute Gasteiger partial charge is 0.409 e. The Hall–Kier alpha value is -2.85. The molecule has 1 aromatic carbocycles. The molecule has 3 rings (SSSR count). The van der Waals surface area contributed by atoms with E-state index in [0.717, 1.165) is 9.97 Å². The van der Waals surface area contributed by atoms with Gasteiger partial charge in [-0.3, -0.25) is 15.4 Å². The summed E-state index contributed by atoms with van der Waals surface area (Å²) in [7, 11) is 0. The molecule has 0 spiro atoms. The lowest BCUT2D eigenvalue weighted by Gasteiger charge is -2.12. The summed E-state index contributed by atoms with van der Waals surface area (Å²) in [4.78, 5) is 31.6. The molecular formula is C19H20N4O4S2. The van der Waals surface area contributed by atoms with Gasteiger partial charge in [0.1, 0.15) is 5.76 Å². The fraction of sp³-hybridized carbons (Fsp3) is 0.263. The van der Waals surface area contributed by atoms with E-state index in [1.165, 1.54) is 29.2 Å². The molecule has 8 nitrogen and oxygen atoms in total. The Morgan fingerprint density at radius 2 is 2.00 bits per heavy atom. The first-order valence-corrected chi connectivity index (χ1v) is 10.5. The molecule has 2 amide bonds. The second-order valence-corrected chi connectivity index (χ2v) is 9.41. The Labute approximate surface area is 175 Å². The number of carbonyl (C=O) groups is 2. The molecule has 2 aromatic heterocycles. The largest absolute Gasteiger partial charge is 0.465 e. The van der Waals surface area contributed by atoms with Crippen molar-refractivity contribution >= 4 is 45.9 Å². The molecule has 0 fully saturated rings. The summed E-state index contributed by atoms with van der Waals surface area (Å²) in [5, 5.41) is 14.2. The zero-order valence-electron chi connectivity index (χ0n) is 16.1. The molecule has 3 aromatic rings. The third kappa shape index (κ3) is 5.81. The van der Waals surface area contributed by atoms with Gasteiger partial charge in [-0.2, -0.15) is 0 Å². The number of carboxylic acid groups (broad SMARTS) is 1. The van der Waals surface area contributed by atoms with Crippen molar-refractivity contribution in [1.29, 1.82) is 0 Å². The molecule has 0 aliphatic rings. The lowest BCUT2D eigenvalue weighted by Crippen LogP contribution is -2.13. The van der Waals surface area contributed by atoms with E-state index in [1.807, 2.05) is 0 Å². The summed E-state index contributed by atoms with van der Waals surface area (Å²) in [6, 6.07) is 6.23. The number of aromatic nitrogens is 2. The van der Waals surface area contributed by atoms with Crippen molar-refractivity contribution in [2.45, 2.75) is 36.1 Å². The average molecular weight is 433 g/mol. The summed E-state index contributed by atoms with van der Waals surface area (Å²) < 4.78 is 6.69. The number of thiazole rings is 1. The van der Waals surface area contributed by atoms with Gasteiger partial charge >= 0.3 is 6.09 Å². The van der Waals surface area contributed by atoms with E-state index in [2.05, 4.69) is 41.4 Å². The molecule has 0 atom stereocenters. The minimum absolute atomic E-state index is 0.0882. The Morgan fingerprint density at radius 1 is 1.21 bits per heavy atom. The van der Waals surface area contributed by atoms with Crippen molar-refractivity contribution in [3.05, 3.63) is 53.9 Å². The number of hydrogen-bond acceptors (Lipinski definition) is 7. The lowest BCUT2D eigenvalue weighted by molar-refractivity contribution is 0.102. The highest BCUT2D eigenvalue weighted by molar-refractivity contribution is 8.00. The monoisotopic (exact) mass is 432 g/mol. The zero-order valence-corrected chi connectivity index (χ0v) is 17.7. The van der Waals surface area contributed by atoms with Crippen LogP contribution in [0.3, 0.4) is 0 Å². The van der Waals surface area contributed by atoms with Gasteiger partial charge < -0.3 is 9.52 Å².